The van der Waals surface area contributed by atoms with E-state index in [0.29, 0.717) is 42.0 Å². The Morgan fingerprint density at radius 2 is 2.03 bits per heavy atom. The molecule has 3 aliphatic rings. The van der Waals surface area contributed by atoms with Crippen LogP contribution in [0.2, 0.25) is 0 Å². The molecule has 5 rings (SSSR count). The van der Waals surface area contributed by atoms with E-state index in [0.717, 1.165) is 17.7 Å². The molecule has 176 valence electrons. The van der Waals surface area contributed by atoms with Gasteiger partial charge in [0.05, 0.1) is 42.7 Å². The lowest BCUT2D eigenvalue weighted by atomic mass is 9.63. The van der Waals surface area contributed by atoms with Crippen LogP contribution >= 0.6 is 0 Å². The molecule has 0 bridgehead atoms. The van der Waals surface area contributed by atoms with Crippen molar-refractivity contribution in [2.45, 2.75) is 43.0 Å². The Morgan fingerprint density at radius 1 is 1.24 bits per heavy atom. The lowest BCUT2D eigenvalue weighted by Gasteiger charge is -2.43. The van der Waals surface area contributed by atoms with E-state index in [4.69, 9.17) is 9.47 Å². The van der Waals surface area contributed by atoms with Gasteiger partial charge in [0.25, 0.3) is 0 Å². The fourth-order valence-electron chi connectivity index (χ4n) is 6.22. The maximum atomic E-state index is 12.4. The van der Waals surface area contributed by atoms with Gasteiger partial charge in [0, 0.05) is 18.0 Å². The van der Waals surface area contributed by atoms with E-state index < -0.39 is 29.1 Å². The molecule has 34 heavy (non-hydrogen) atoms. The van der Waals surface area contributed by atoms with Gasteiger partial charge in [0.1, 0.15) is 17.6 Å². The van der Waals surface area contributed by atoms with Crippen LogP contribution in [0.25, 0.3) is 0 Å². The highest BCUT2D eigenvalue weighted by molar-refractivity contribution is 5.59. The number of ether oxygens (including phenoxy) is 2. The summed E-state index contributed by atoms with van der Waals surface area (Å²) in [4.78, 5) is 4.22. The summed E-state index contributed by atoms with van der Waals surface area (Å²) in [7, 11) is 1.52. The number of methoxy groups -OCH3 is 1. The molecule has 2 aromatic rings. The predicted molar refractivity (Wildman–Crippen MR) is 126 cm³/mol. The molecular formula is C27H29N3O4. The second-order valence-corrected chi connectivity index (χ2v) is 9.13. The zero-order valence-electron chi connectivity index (χ0n) is 19.4. The van der Waals surface area contributed by atoms with E-state index in [2.05, 4.69) is 16.4 Å². The minimum Gasteiger partial charge on any atom is -0.495 e. The Morgan fingerprint density at radius 3 is 2.68 bits per heavy atom. The third-order valence-corrected chi connectivity index (χ3v) is 7.66. The number of hydrogen-bond acceptors (Lipinski definition) is 7. The molecule has 3 N–H and O–H groups in total. The summed E-state index contributed by atoms with van der Waals surface area (Å²) in [5, 5.41) is 37.1. The van der Waals surface area contributed by atoms with Crippen molar-refractivity contribution in [2.24, 2.45) is 5.92 Å². The van der Waals surface area contributed by atoms with Gasteiger partial charge in [-0.15, -0.1) is 0 Å². The van der Waals surface area contributed by atoms with Gasteiger partial charge in [-0.3, -0.25) is 4.98 Å². The fraction of sp³-hybridized carbons (Fsp3) is 0.407. The molecule has 0 radical (unpaired) electrons. The van der Waals surface area contributed by atoms with Crippen molar-refractivity contribution in [1.82, 2.24) is 10.3 Å². The van der Waals surface area contributed by atoms with Gasteiger partial charge in [-0.25, -0.2) is 0 Å². The van der Waals surface area contributed by atoms with E-state index >= 15 is 0 Å². The van der Waals surface area contributed by atoms with Crippen LogP contribution in [0.3, 0.4) is 0 Å². The number of pyridine rings is 1. The van der Waals surface area contributed by atoms with Gasteiger partial charge in [0.2, 0.25) is 0 Å². The van der Waals surface area contributed by atoms with Crippen LogP contribution in [0.15, 0.2) is 66.0 Å². The highest BCUT2D eigenvalue weighted by Gasteiger charge is 2.74. The summed E-state index contributed by atoms with van der Waals surface area (Å²) in [5.41, 5.74) is 0.577. The second kappa shape index (κ2) is 8.55. The summed E-state index contributed by atoms with van der Waals surface area (Å²) >= 11 is 0. The molecule has 7 nitrogen and oxygen atoms in total. The Hall–Kier alpha value is -3.18. The first-order chi connectivity index (χ1) is 16.5. The quantitative estimate of drug-likeness (QED) is 0.610. The van der Waals surface area contributed by atoms with Crippen molar-refractivity contribution in [3.63, 3.8) is 0 Å². The van der Waals surface area contributed by atoms with Crippen molar-refractivity contribution in [1.29, 1.82) is 5.26 Å². The van der Waals surface area contributed by atoms with E-state index in [1.165, 1.54) is 7.11 Å². The van der Waals surface area contributed by atoms with Crippen molar-refractivity contribution >= 4 is 0 Å². The van der Waals surface area contributed by atoms with Crippen molar-refractivity contribution in [2.75, 3.05) is 20.2 Å². The molecule has 0 unspecified atom stereocenters. The smallest absolute Gasteiger partial charge is 0.161 e. The Kier molecular flexibility index (Phi) is 5.68. The third kappa shape index (κ3) is 2.96. The third-order valence-electron chi connectivity index (χ3n) is 7.66. The Balaban J connectivity index is 1.80. The number of rotatable bonds is 6. The largest absolute Gasteiger partial charge is 0.495 e. The first kappa shape index (κ1) is 22.6. The van der Waals surface area contributed by atoms with Crippen LogP contribution in [0.4, 0.5) is 0 Å². The number of nitrogens with zero attached hydrogens (tertiary/aromatic N) is 2. The summed E-state index contributed by atoms with van der Waals surface area (Å²) in [6.45, 7) is 3.21. The number of aliphatic hydroxyl groups is 2. The number of allylic oxidation sites excluding steroid dienone is 3. The average Bonchev–Trinajstić information content (AvgIpc) is 3.29. The zero-order valence-corrected chi connectivity index (χ0v) is 19.4. The monoisotopic (exact) mass is 459 g/mol. The van der Waals surface area contributed by atoms with Crippen molar-refractivity contribution in [3.8, 4) is 17.6 Å². The first-order valence-electron chi connectivity index (χ1n) is 11.7. The molecule has 2 aliphatic carbocycles. The molecule has 1 aliphatic heterocycles. The molecule has 5 atom stereocenters. The average molecular weight is 460 g/mol. The lowest BCUT2D eigenvalue weighted by molar-refractivity contribution is -0.101. The molecule has 1 aromatic heterocycles. The molecule has 1 saturated carbocycles. The lowest BCUT2D eigenvalue weighted by Crippen LogP contribution is -2.51. The predicted octanol–water partition coefficient (Wildman–Crippen LogP) is 2.75. The maximum Gasteiger partial charge on any atom is 0.161 e. The minimum atomic E-state index is -1.71. The van der Waals surface area contributed by atoms with Gasteiger partial charge in [-0.05, 0) is 31.0 Å². The van der Waals surface area contributed by atoms with Crippen LogP contribution in [-0.2, 0) is 11.0 Å². The summed E-state index contributed by atoms with van der Waals surface area (Å²) in [6.07, 6.45) is 6.22. The van der Waals surface area contributed by atoms with E-state index in [1.807, 2.05) is 49.4 Å². The summed E-state index contributed by atoms with van der Waals surface area (Å²) < 4.78 is 12.1. The molecular weight excluding hydrogens is 430 g/mol. The number of aliphatic hydroxyl groups excluding tert-OH is 1. The SMILES string of the molecule is CCNC[C@H]1[C@@H](O)[C@@]2(O)c3c(OC)cncc3O[C@@H]2[C@@]1(C1=CC=C(C#N)CC1)c1ccccc1. The summed E-state index contributed by atoms with van der Waals surface area (Å²) in [5.74, 6) is 0.397. The molecule has 0 amide bonds. The standard InChI is InChI=1S/C27H29N3O4/c1-3-29-14-20-24(31)27(32)23-21(33-2)15-30-16-22(23)34-25(27)26(20,18-7-5-4-6-8-18)19-11-9-17(13-28)10-12-19/h4-9,11,15-16,20,24-25,29,31-32H,3,10,12,14H2,1-2H3/t20-,24+,25+,26+,27-/m0/s1. The molecule has 1 fully saturated rings. The number of fused-ring (bicyclic) bond motifs is 3. The highest BCUT2D eigenvalue weighted by Crippen LogP contribution is 2.65. The van der Waals surface area contributed by atoms with Gasteiger partial charge in [0.15, 0.2) is 5.60 Å². The summed E-state index contributed by atoms with van der Waals surface area (Å²) in [6, 6.07) is 12.2. The first-order valence-corrected chi connectivity index (χ1v) is 11.7. The number of nitriles is 1. The second-order valence-electron chi connectivity index (χ2n) is 9.13. The van der Waals surface area contributed by atoms with Crippen LogP contribution in [0.5, 0.6) is 11.5 Å². The number of hydrogen-bond donors (Lipinski definition) is 3. The number of aromatic nitrogens is 1. The Bertz CT molecular complexity index is 1190. The van der Waals surface area contributed by atoms with E-state index in [9.17, 15) is 15.5 Å². The van der Waals surface area contributed by atoms with Crippen LogP contribution in [-0.4, -0.2) is 47.6 Å². The molecule has 2 heterocycles. The van der Waals surface area contributed by atoms with Crippen LogP contribution < -0.4 is 14.8 Å². The van der Waals surface area contributed by atoms with Crippen molar-refractivity contribution < 1.29 is 19.7 Å². The molecule has 1 aromatic carbocycles. The van der Waals surface area contributed by atoms with Gasteiger partial charge in [-0.2, -0.15) is 5.26 Å². The fourth-order valence-corrected chi connectivity index (χ4v) is 6.22. The van der Waals surface area contributed by atoms with Gasteiger partial charge >= 0.3 is 0 Å². The van der Waals surface area contributed by atoms with Crippen LogP contribution in [0, 0.1) is 17.2 Å². The van der Waals surface area contributed by atoms with Gasteiger partial charge in [-0.1, -0.05) is 48.9 Å². The number of benzene rings is 1. The van der Waals surface area contributed by atoms with Crippen molar-refractivity contribution in [3.05, 3.63) is 77.2 Å². The van der Waals surface area contributed by atoms with E-state index in [-0.39, 0.29) is 0 Å². The van der Waals surface area contributed by atoms with E-state index in [1.54, 1.807) is 12.4 Å². The molecule has 7 heteroatoms. The highest BCUT2D eigenvalue weighted by atomic mass is 16.5. The normalized spacial score (nSPS) is 31.6. The zero-order chi connectivity index (χ0) is 23.9. The topological polar surface area (TPSA) is 108 Å². The van der Waals surface area contributed by atoms with Crippen LogP contribution in [0.1, 0.15) is 30.9 Å². The minimum absolute atomic E-state index is 0.386. The van der Waals surface area contributed by atoms with Gasteiger partial charge < -0.3 is 25.0 Å². The Labute approximate surface area is 199 Å². The molecule has 0 saturated heterocycles. The maximum absolute atomic E-state index is 12.4. The number of nitrogens with one attached hydrogen (secondary N) is 1. The molecule has 0 spiro atoms.